The molecule has 0 amide bonds. The predicted octanol–water partition coefficient (Wildman–Crippen LogP) is 7.09. The summed E-state index contributed by atoms with van der Waals surface area (Å²) in [5, 5.41) is 12.0. The van der Waals surface area contributed by atoms with Crippen molar-refractivity contribution in [2.75, 3.05) is 12.4 Å². The number of aliphatic carboxylic acids is 1. The summed E-state index contributed by atoms with van der Waals surface area (Å²) in [5.41, 5.74) is 8.22. The number of carbonyl (C=O) groups is 2. The number of hydrogen-bond acceptors (Lipinski definition) is 7. The smallest absolute Gasteiger partial charge is 0.416 e. The average molecular weight is 616 g/mol. The number of carbonyl (C=O) groups excluding carboxylic acids is 1. The summed E-state index contributed by atoms with van der Waals surface area (Å²) in [6.45, 7) is 8.28. The number of aromatic nitrogens is 1. The zero-order valence-electron chi connectivity index (χ0n) is 24.9. The molecule has 12 heteroatoms. The number of carboxylic acids is 1. The number of nitrogens with two attached hydrogens (primary N) is 1. The van der Waals surface area contributed by atoms with Crippen molar-refractivity contribution in [3.05, 3.63) is 89.4 Å². The Kier molecular flexibility index (Phi) is 11.4. The molecule has 0 saturated heterocycles. The van der Waals surface area contributed by atoms with Crippen LogP contribution in [-0.2, 0) is 11.0 Å². The molecule has 1 aromatic heterocycles. The molecule has 44 heavy (non-hydrogen) atoms. The first kappa shape index (κ1) is 34.0. The van der Waals surface area contributed by atoms with Gasteiger partial charge in [-0.3, -0.25) is 9.59 Å². The lowest BCUT2D eigenvalue weighted by Crippen LogP contribution is -2.35. The predicted molar refractivity (Wildman–Crippen MR) is 162 cm³/mol. The second-order valence-electron chi connectivity index (χ2n) is 10.7. The van der Waals surface area contributed by atoms with E-state index in [0.717, 1.165) is 43.3 Å². The molecule has 0 spiro atoms. The van der Waals surface area contributed by atoms with Gasteiger partial charge in [0, 0.05) is 42.5 Å². The number of benzene rings is 1. The van der Waals surface area contributed by atoms with Crippen molar-refractivity contribution in [1.29, 1.82) is 0 Å². The van der Waals surface area contributed by atoms with Gasteiger partial charge in [-0.1, -0.05) is 39.0 Å². The molecule has 236 valence electrons. The fraction of sp³-hybridized carbons (Fsp3) is 0.375. The number of pyridine rings is 1. The number of amidine groups is 1. The van der Waals surface area contributed by atoms with Crippen LogP contribution in [0.5, 0.6) is 0 Å². The maximum atomic E-state index is 15.1. The lowest BCUT2D eigenvalue weighted by Gasteiger charge is -2.37. The molecule has 1 aliphatic heterocycles. The third-order valence-corrected chi connectivity index (χ3v) is 7.84. The Morgan fingerprint density at radius 2 is 1.95 bits per heavy atom. The third kappa shape index (κ3) is 8.12. The molecule has 4 rings (SSSR count). The summed E-state index contributed by atoms with van der Waals surface area (Å²) >= 11 is 0. The molecule has 1 aromatic carbocycles. The van der Waals surface area contributed by atoms with E-state index in [9.17, 15) is 27.9 Å². The molecular formula is C32H37F4N5O3. The maximum Gasteiger partial charge on any atom is 0.416 e. The average Bonchev–Trinajstić information content (AvgIpc) is 3.01. The number of anilines is 1. The van der Waals surface area contributed by atoms with E-state index in [4.69, 9.17) is 5.73 Å². The minimum Gasteiger partial charge on any atom is -0.481 e. The molecule has 1 aliphatic carbocycles. The minimum absolute atomic E-state index is 0.0316. The first-order chi connectivity index (χ1) is 20.8. The molecule has 8 nitrogen and oxygen atoms in total. The standard InChI is InChI=1S/C25H30FN3O3.C7H7F3N2/c1-4-15(2)22(20-9-8-17(14-30)12-21(20)26)23-24(27)28-10-11-29(23)16(3)18-6-5-7-19(13-18)25(31)32;1-11-6-4-5(2-3-12-6)7(8,9)10/h8-12,14-15,18-19H,3-7,13H2,1-2H3,(H2,27,28)(H,31,32);2-4H,1H3,(H,11,12)/b23-22+;/t15-,18?,19?;/m1./s1. The van der Waals surface area contributed by atoms with Crippen LogP contribution in [0, 0.1) is 23.6 Å². The molecule has 4 N–H and O–H groups in total. The fourth-order valence-corrected chi connectivity index (χ4v) is 5.26. The van der Waals surface area contributed by atoms with Gasteiger partial charge in [-0.05, 0) is 61.3 Å². The number of allylic oxidation sites excluding steroid dienone is 2. The summed E-state index contributed by atoms with van der Waals surface area (Å²) < 4.78 is 51.2. The van der Waals surface area contributed by atoms with Crippen LogP contribution in [0.4, 0.5) is 23.4 Å². The molecule has 0 bridgehead atoms. The van der Waals surface area contributed by atoms with E-state index in [1.807, 2.05) is 18.7 Å². The highest BCUT2D eigenvalue weighted by atomic mass is 19.4. The second-order valence-corrected chi connectivity index (χ2v) is 10.7. The van der Waals surface area contributed by atoms with Crippen LogP contribution in [0.2, 0.25) is 0 Å². The van der Waals surface area contributed by atoms with Crippen LogP contribution in [0.25, 0.3) is 5.57 Å². The third-order valence-electron chi connectivity index (χ3n) is 7.84. The number of aldehydes is 1. The SMILES string of the molecule is C=C(C1CCCC(C(=O)O)C1)N1C=CN=C(N)/C1=C(\c1ccc(C=O)cc1F)[C@H](C)CC.CNc1cc(C(F)(F)F)ccn1. The molecule has 1 saturated carbocycles. The largest absolute Gasteiger partial charge is 0.481 e. The molecule has 2 aliphatic rings. The first-order valence-corrected chi connectivity index (χ1v) is 14.2. The summed E-state index contributed by atoms with van der Waals surface area (Å²) in [5.74, 6) is -1.33. The van der Waals surface area contributed by atoms with Gasteiger partial charge in [0.15, 0.2) is 0 Å². The molecule has 3 atom stereocenters. The van der Waals surface area contributed by atoms with Gasteiger partial charge in [0.2, 0.25) is 0 Å². The Balaban J connectivity index is 0.000000369. The van der Waals surface area contributed by atoms with Crippen LogP contribution in [0.15, 0.2) is 71.9 Å². The normalized spacial score (nSPS) is 20.1. The molecule has 0 radical (unpaired) electrons. The van der Waals surface area contributed by atoms with E-state index in [2.05, 4.69) is 21.9 Å². The summed E-state index contributed by atoms with van der Waals surface area (Å²) in [7, 11) is 1.52. The van der Waals surface area contributed by atoms with Gasteiger partial charge in [0.25, 0.3) is 0 Å². The number of carboxylic acid groups (broad SMARTS) is 1. The number of aliphatic imine (C=N–C) groups is 1. The quantitative estimate of drug-likeness (QED) is 0.214. The van der Waals surface area contributed by atoms with Crippen LogP contribution in [0.1, 0.15) is 67.4 Å². The summed E-state index contributed by atoms with van der Waals surface area (Å²) in [4.78, 5) is 32.4. The monoisotopic (exact) mass is 615 g/mol. The highest BCUT2D eigenvalue weighted by Crippen LogP contribution is 2.40. The van der Waals surface area contributed by atoms with Gasteiger partial charge < -0.3 is 21.1 Å². The molecule has 2 unspecified atom stereocenters. The van der Waals surface area contributed by atoms with Gasteiger partial charge >= 0.3 is 12.1 Å². The Bertz CT molecular complexity index is 1470. The van der Waals surface area contributed by atoms with Gasteiger partial charge in [-0.25, -0.2) is 14.4 Å². The molecule has 2 aromatic rings. The van der Waals surface area contributed by atoms with Gasteiger partial charge in [0.05, 0.1) is 17.2 Å². The summed E-state index contributed by atoms with van der Waals surface area (Å²) in [6.07, 6.45) is 4.29. The number of alkyl halides is 3. The molecule has 2 heterocycles. The maximum absolute atomic E-state index is 15.1. The molecule has 1 fully saturated rings. The van der Waals surface area contributed by atoms with Gasteiger partial charge in [0.1, 0.15) is 23.8 Å². The molecular weight excluding hydrogens is 578 g/mol. The van der Waals surface area contributed by atoms with Crippen molar-refractivity contribution in [3.8, 4) is 0 Å². The Hall–Kier alpha value is -4.48. The van der Waals surface area contributed by atoms with E-state index in [1.165, 1.54) is 13.1 Å². The van der Waals surface area contributed by atoms with Crippen LogP contribution < -0.4 is 11.1 Å². The number of nitrogens with one attached hydrogen (secondary N) is 1. The first-order valence-electron chi connectivity index (χ1n) is 14.2. The highest BCUT2D eigenvalue weighted by Gasteiger charge is 2.34. The number of halogens is 4. The van der Waals surface area contributed by atoms with Crippen molar-refractivity contribution >= 4 is 29.5 Å². The van der Waals surface area contributed by atoms with Crippen molar-refractivity contribution in [1.82, 2.24) is 9.88 Å². The van der Waals surface area contributed by atoms with Crippen LogP contribution in [-0.4, -0.2) is 40.1 Å². The summed E-state index contributed by atoms with van der Waals surface area (Å²) in [6, 6.07) is 6.29. The van der Waals surface area contributed by atoms with Crippen molar-refractivity contribution in [2.24, 2.45) is 28.5 Å². The Morgan fingerprint density at radius 3 is 2.55 bits per heavy atom. The van der Waals surface area contributed by atoms with E-state index < -0.39 is 29.4 Å². The lowest BCUT2D eigenvalue weighted by molar-refractivity contribution is -0.143. The number of rotatable bonds is 8. The van der Waals surface area contributed by atoms with E-state index >= 15 is 4.39 Å². The van der Waals surface area contributed by atoms with Crippen LogP contribution in [0.3, 0.4) is 0 Å². The number of nitrogens with zero attached hydrogens (tertiary/aromatic N) is 3. The van der Waals surface area contributed by atoms with E-state index in [0.29, 0.717) is 36.0 Å². The van der Waals surface area contributed by atoms with Crippen molar-refractivity contribution < 1.29 is 32.3 Å². The van der Waals surface area contributed by atoms with Crippen molar-refractivity contribution in [2.45, 2.75) is 52.1 Å². The lowest BCUT2D eigenvalue weighted by atomic mass is 9.79. The van der Waals surface area contributed by atoms with E-state index in [-0.39, 0.29) is 29.1 Å². The number of hydrogen-bond donors (Lipinski definition) is 3. The second kappa shape index (κ2) is 14.8. The Labute approximate surface area is 254 Å². The fourth-order valence-electron chi connectivity index (χ4n) is 5.26. The van der Waals surface area contributed by atoms with Crippen molar-refractivity contribution in [3.63, 3.8) is 0 Å². The zero-order valence-corrected chi connectivity index (χ0v) is 24.9. The van der Waals surface area contributed by atoms with Crippen LogP contribution >= 0.6 is 0 Å². The van der Waals surface area contributed by atoms with Gasteiger partial charge in [-0.2, -0.15) is 13.2 Å². The van der Waals surface area contributed by atoms with E-state index in [1.54, 1.807) is 24.5 Å². The van der Waals surface area contributed by atoms with Gasteiger partial charge in [-0.15, -0.1) is 0 Å². The highest BCUT2D eigenvalue weighted by molar-refractivity contribution is 6.05. The Morgan fingerprint density at radius 1 is 1.25 bits per heavy atom. The zero-order chi connectivity index (χ0) is 32.6. The topological polar surface area (TPSA) is 121 Å². The minimum atomic E-state index is -4.30.